The van der Waals surface area contributed by atoms with E-state index in [1.54, 1.807) is 31.6 Å². The molecule has 4 nitrogen and oxygen atoms in total. The molecule has 0 radical (unpaired) electrons. The zero-order valence-corrected chi connectivity index (χ0v) is 13.9. The summed E-state index contributed by atoms with van der Waals surface area (Å²) in [5.74, 6) is 0.831. The summed E-state index contributed by atoms with van der Waals surface area (Å²) in [4.78, 5) is 15.8. The summed E-state index contributed by atoms with van der Waals surface area (Å²) in [5.41, 5.74) is 4.14. The third-order valence-corrected chi connectivity index (χ3v) is 3.48. The van der Waals surface area contributed by atoms with Crippen LogP contribution in [0.15, 0.2) is 36.7 Å². The Hall–Kier alpha value is -2.07. The minimum absolute atomic E-state index is 0. The number of methoxy groups -OCH3 is 1. The number of ether oxygens (including phenoxy) is 1. The molecule has 2 rings (SSSR count). The molecule has 0 aliphatic rings. The lowest BCUT2D eigenvalue weighted by Crippen LogP contribution is -2.25. The zero-order chi connectivity index (χ0) is 15.2. The molecular formula is C17H21ClN2O2. The van der Waals surface area contributed by atoms with E-state index < -0.39 is 0 Å². The van der Waals surface area contributed by atoms with E-state index in [1.165, 1.54) is 11.1 Å². The fourth-order valence-electron chi connectivity index (χ4n) is 2.25. The lowest BCUT2D eigenvalue weighted by molar-refractivity contribution is 0.0954. The van der Waals surface area contributed by atoms with Gasteiger partial charge in [0.1, 0.15) is 5.75 Å². The largest absolute Gasteiger partial charge is 0.496 e. The highest BCUT2D eigenvalue weighted by atomic mass is 35.5. The van der Waals surface area contributed by atoms with Crippen molar-refractivity contribution >= 4 is 18.3 Å². The van der Waals surface area contributed by atoms with Gasteiger partial charge in [0.25, 0.3) is 5.91 Å². The van der Waals surface area contributed by atoms with E-state index in [9.17, 15) is 4.79 Å². The standard InChI is InChI=1S/C17H20N2O2.ClH/c1-12-11-16(21-3)13(2)10-15(12)6-9-19-17(20)14-4-7-18-8-5-14;/h4-5,7-8,10-11H,6,9H2,1-3H3,(H,19,20);1H. The van der Waals surface area contributed by atoms with Gasteiger partial charge in [0.05, 0.1) is 7.11 Å². The Morgan fingerprint density at radius 1 is 1.18 bits per heavy atom. The van der Waals surface area contributed by atoms with Crippen LogP contribution in [-0.2, 0) is 6.42 Å². The fourth-order valence-corrected chi connectivity index (χ4v) is 2.25. The number of nitrogens with zero attached hydrogens (tertiary/aromatic N) is 1. The van der Waals surface area contributed by atoms with Crippen LogP contribution < -0.4 is 10.1 Å². The number of pyridine rings is 1. The quantitative estimate of drug-likeness (QED) is 0.921. The molecule has 118 valence electrons. The van der Waals surface area contributed by atoms with Gasteiger partial charge < -0.3 is 10.1 Å². The molecule has 0 unspecified atom stereocenters. The molecule has 1 aromatic heterocycles. The van der Waals surface area contributed by atoms with Crippen LogP contribution in [0.5, 0.6) is 5.75 Å². The van der Waals surface area contributed by atoms with Gasteiger partial charge in [-0.25, -0.2) is 0 Å². The summed E-state index contributed by atoms with van der Waals surface area (Å²) in [5, 5.41) is 2.92. The van der Waals surface area contributed by atoms with Crippen molar-refractivity contribution in [2.75, 3.05) is 13.7 Å². The van der Waals surface area contributed by atoms with Crippen LogP contribution in [0, 0.1) is 13.8 Å². The number of carbonyl (C=O) groups excluding carboxylic acids is 1. The second-order valence-electron chi connectivity index (χ2n) is 4.99. The van der Waals surface area contributed by atoms with Crippen LogP contribution in [-0.4, -0.2) is 24.5 Å². The Morgan fingerprint density at radius 3 is 2.50 bits per heavy atom. The van der Waals surface area contributed by atoms with E-state index in [0.717, 1.165) is 17.7 Å². The first-order valence-electron chi connectivity index (χ1n) is 6.94. The number of nitrogens with one attached hydrogen (secondary N) is 1. The summed E-state index contributed by atoms with van der Waals surface area (Å²) < 4.78 is 5.31. The molecule has 2 aromatic rings. The van der Waals surface area contributed by atoms with Crippen molar-refractivity contribution in [2.45, 2.75) is 20.3 Å². The number of benzene rings is 1. The molecule has 0 aliphatic carbocycles. The number of carbonyl (C=O) groups is 1. The maximum Gasteiger partial charge on any atom is 0.251 e. The van der Waals surface area contributed by atoms with Crippen LogP contribution in [0.1, 0.15) is 27.0 Å². The SMILES string of the molecule is COc1cc(C)c(CCNC(=O)c2ccncc2)cc1C.Cl. The van der Waals surface area contributed by atoms with Gasteiger partial charge in [-0.1, -0.05) is 6.07 Å². The number of hydrogen-bond acceptors (Lipinski definition) is 3. The lowest BCUT2D eigenvalue weighted by Gasteiger charge is -2.12. The third kappa shape index (κ3) is 4.46. The summed E-state index contributed by atoms with van der Waals surface area (Å²) in [7, 11) is 1.68. The van der Waals surface area contributed by atoms with Crippen LogP contribution in [0.4, 0.5) is 0 Å². The van der Waals surface area contributed by atoms with E-state index >= 15 is 0 Å². The van der Waals surface area contributed by atoms with Crippen molar-refractivity contribution in [1.29, 1.82) is 0 Å². The van der Waals surface area contributed by atoms with E-state index in [0.29, 0.717) is 12.1 Å². The normalized spacial score (nSPS) is 9.77. The lowest BCUT2D eigenvalue weighted by atomic mass is 10.0. The summed E-state index contributed by atoms with van der Waals surface area (Å²) in [6.45, 7) is 4.69. The number of aryl methyl sites for hydroxylation is 2. The predicted molar refractivity (Wildman–Crippen MR) is 90.0 cm³/mol. The van der Waals surface area contributed by atoms with Gasteiger partial charge in [0, 0.05) is 24.5 Å². The topological polar surface area (TPSA) is 51.2 Å². The molecule has 1 N–H and O–H groups in total. The van der Waals surface area contributed by atoms with Crippen LogP contribution in [0.25, 0.3) is 0 Å². The second kappa shape index (κ2) is 8.39. The highest BCUT2D eigenvalue weighted by Crippen LogP contribution is 2.22. The molecule has 1 heterocycles. The van der Waals surface area contributed by atoms with Crippen molar-refractivity contribution in [3.05, 3.63) is 58.9 Å². The van der Waals surface area contributed by atoms with E-state index in [-0.39, 0.29) is 18.3 Å². The van der Waals surface area contributed by atoms with Crippen LogP contribution in [0.2, 0.25) is 0 Å². The molecule has 0 spiro atoms. The van der Waals surface area contributed by atoms with Crippen molar-refractivity contribution in [2.24, 2.45) is 0 Å². The summed E-state index contributed by atoms with van der Waals surface area (Å²) in [6.07, 6.45) is 4.03. The molecule has 0 saturated carbocycles. The molecule has 0 saturated heterocycles. The molecule has 0 aliphatic heterocycles. The number of halogens is 1. The average Bonchev–Trinajstić information content (AvgIpc) is 2.51. The molecule has 22 heavy (non-hydrogen) atoms. The zero-order valence-electron chi connectivity index (χ0n) is 13.1. The monoisotopic (exact) mass is 320 g/mol. The summed E-state index contributed by atoms with van der Waals surface area (Å²) in [6, 6.07) is 7.57. The number of aromatic nitrogens is 1. The first-order chi connectivity index (χ1) is 10.1. The van der Waals surface area contributed by atoms with Crippen molar-refractivity contribution in [3.63, 3.8) is 0 Å². The van der Waals surface area contributed by atoms with Gasteiger partial charge >= 0.3 is 0 Å². The highest BCUT2D eigenvalue weighted by Gasteiger charge is 2.07. The summed E-state index contributed by atoms with van der Waals surface area (Å²) >= 11 is 0. The first-order valence-corrected chi connectivity index (χ1v) is 6.94. The van der Waals surface area contributed by atoms with Crippen molar-refractivity contribution in [1.82, 2.24) is 10.3 Å². The Balaban J connectivity index is 0.00000242. The van der Waals surface area contributed by atoms with Crippen LogP contribution in [0.3, 0.4) is 0 Å². The molecule has 5 heteroatoms. The van der Waals surface area contributed by atoms with Gasteiger partial charge in [-0.2, -0.15) is 0 Å². The number of hydrogen-bond donors (Lipinski definition) is 1. The van der Waals surface area contributed by atoms with Crippen molar-refractivity contribution < 1.29 is 9.53 Å². The number of amides is 1. The fraction of sp³-hybridized carbons (Fsp3) is 0.294. The average molecular weight is 321 g/mol. The van der Waals surface area contributed by atoms with E-state index in [2.05, 4.69) is 23.3 Å². The maximum atomic E-state index is 11.9. The molecule has 0 atom stereocenters. The minimum Gasteiger partial charge on any atom is -0.496 e. The maximum absolute atomic E-state index is 11.9. The van der Waals surface area contributed by atoms with E-state index in [1.807, 2.05) is 13.0 Å². The smallest absolute Gasteiger partial charge is 0.251 e. The van der Waals surface area contributed by atoms with E-state index in [4.69, 9.17) is 4.74 Å². The molecule has 0 fully saturated rings. The molecule has 1 amide bonds. The Bertz CT molecular complexity index is 630. The van der Waals surface area contributed by atoms with Crippen molar-refractivity contribution in [3.8, 4) is 5.75 Å². The third-order valence-electron chi connectivity index (χ3n) is 3.48. The second-order valence-corrected chi connectivity index (χ2v) is 4.99. The van der Waals surface area contributed by atoms with Gasteiger partial charge in [-0.15, -0.1) is 12.4 Å². The van der Waals surface area contributed by atoms with Gasteiger partial charge in [-0.3, -0.25) is 9.78 Å². The van der Waals surface area contributed by atoms with Gasteiger partial charge in [0.2, 0.25) is 0 Å². The predicted octanol–water partition coefficient (Wildman–Crippen LogP) is 3.10. The van der Waals surface area contributed by atoms with Gasteiger partial charge in [-0.05, 0) is 55.2 Å². The Kier molecular flexibility index (Phi) is 6.86. The number of rotatable bonds is 5. The van der Waals surface area contributed by atoms with Crippen LogP contribution >= 0.6 is 12.4 Å². The molecule has 0 bridgehead atoms. The highest BCUT2D eigenvalue weighted by molar-refractivity contribution is 5.93. The molecular weight excluding hydrogens is 300 g/mol. The Labute approximate surface area is 137 Å². The van der Waals surface area contributed by atoms with Gasteiger partial charge in [0.15, 0.2) is 0 Å². The first kappa shape index (κ1) is 18.0. The minimum atomic E-state index is -0.0692. The Morgan fingerprint density at radius 2 is 1.86 bits per heavy atom. The molecule has 1 aromatic carbocycles.